The Labute approximate surface area is 133 Å². The number of hydroxylamine groups is 2. The van der Waals surface area contributed by atoms with Gasteiger partial charge in [0.15, 0.2) is 0 Å². The number of carbonyl (C=O) groups excluding carboxylic acids is 3. The topological polar surface area (TPSA) is 94.2 Å². The van der Waals surface area contributed by atoms with Crippen LogP contribution >= 0.6 is 0 Å². The van der Waals surface area contributed by atoms with Gasteiger partial charge in [-0.05, 0) is 12.1 Å². The molecule has 2 amide bonds. The van der Waals surface area contributed by atoms with Crippen molar-refractivity contribution in [1.29, 1.82) is 0 Å². The normalized spacial score (nSPS) is 16.4. The zero-order valence-electron chi connectivity index (χ0n) is 13.1. The van der Waals surface area contributed by atoms with E-state index in [9.17, 15) is 14.4 Å². The molecule has 0 aromatic heterocycles. The second-order valence-electron chi connectivity index (χ2n) is 4.78. The highest BCUT2D eigenvalue weighted by molar-refractivity contribution is 6.03. The number of nitrogens with zero attached hydrogens (tertiary/aromatic N) is 1. The summed E-state index contributed by atoms with van der Waals surface area (Å²) in [6.07, 6.45) is 0.166. The molecule has 1 aromatic carbocycles. The van der Waals surface area contributed by atoms with Crippen LogP contribution in [0.15, 0.2) is 18.2 Å². The maximum absolute atomic E-state index is 12.4. The molecule has 1 N–H and O–H groups in total. The Morgan fingerprint density at radius 1 is 1.26 bits per heavy atom. The van der Waals surface area contributed by atoms with Crippen LogP contribution in [-0.4, -0.2) is 49.7 Å². The second-order valence-corrected chi connectivity index (χ2v) is 4.78. The number of amides is 2. The SMILES string of the molecule is CCC(=O)ON1CC(NC(=O)c2c(OC)cccc2OC)C1=O. The Bertz CT molecular complexity index is 608. The van der Waals surface area contributed by atoms with Crippen molar-refractivity contribution < 1.29 is 28.7 Å². The molecule has 1 aliphatic heterocycles. The molecule has 1 heterocycles. The van der Waals surface area contributed by atoms with Gasteiger partial charge in [0, 0.05) is 6.42 Å². The number of hydrogen-bond acceptors (Lipinski definition) is 6. The van der Waals surface area contributed by atoms with Gasteiger partial charge in [-0.3, -0.25) is 9.59 Å². The number of carbonyl (C=O) groups is 3. The summed E-state index contributed by atoms with van der Waals surface area (Å²) in [6, 6.07) is 4.18. The smallest absolute Gasteiger partial charge is 0.332 e. The lowest BCUT2D eigenvalue weighted by molar-refractivity contribution is -0.215. The highest BCUT2D eigenvalue weighted by Gasteiger charge is 2.41. The summed E-state index contributed by atoms with van der Waals surface area (Å²) in [5.74, 6) is -0.812. The fraction of sp³-hybridized carbons (Fsp3) is 0.400. The van der Waals surface area contributed by atoms with Gasteiger partial charge < -0.3 is 19.6 Å². The maximum atomic E-state index is 12.4. The van der Waals surface area contributed by atoms with Gasteiger partial charge in [0.25, 0.3) is 11.8 Å². The van der Waals surface area contributed by atoms with Gasteiger partial charge in [-0.2, -0.15) is 5.06 Å². The molecule has 0 aliphatic carbocycles. The Kier molecular flexibility index (Phi) is 5.05. The van der Waals surface area contributed by atoms with Crippen molar-refractivity contribution in [1.82, 2.24) is 10.4 Å². The van der Waals surface area contributed by atoms with E-state index >= 15 is 0 Å². The number of nitrogens with one attached hydrogen (secondary N) is 1. The van der Waals surface area contributed by atoms with Gasteiger partial charge in [0.2, 0.25) is 0 Å². The highest BCUT2D eigenvalue weighted by Crippen LogP contribution is 2.28. The molecule has 0 spiro atoms. The molecule has 0 bridgehead atoms. The van der Waals surface area contributed by atoms with E-state index in [1.807, 2.05) is 0 Å². The van der Waals surface area contributed by atoms with Crippen molar-refractivity contribution in [3.05, 3.63) is 23.8 Å². The van der Waals surface area contributed by atoms with Crippen LogP contribution < -0.4 is 14.8 Å². The fourth-order valence-electron chi connectivity index (χ4n) is 2.08. The molecule has 1 fully saturated rings. The highest BCUT2D eigenvalue weighted by atomic mass is 16.7. The van der Waals surface area contributed by atoms with Crippen LogP contribution in [0, 0.1) is 0 Å². The summed E-state index contributed by atoms with van der Waals surface area (Å²) in [5.41, 5.74) is 0.203. The third-order valence-electron chi connectivity index (χ3n) is 3.35. The Balaban J connectivity index is 2.04. The molecule has 1 saturated heterocycles. The van der Waals surface area contributed by atoms with E-state index in [-0.39, 0.29) is 18.5 Å². The predicted octanol–water partition coefficient (Wildman–Crippen LogP) is 0.513. The van der Waals surface area contributed by atoms with Crippen molar-refractivity contribution in [2.45, 2.75) is 19.4 Å². The first-order chi connectivity index (χ1) is 11.0. The van der Waals surface area contributed by atoms with E-state index in [1.54, 1.807) is 25.1 Å². The lowest BCUT2D eigenvalue weighted by Crippen LogP contribution is -2.63. The molecule has 124 valence electrons. The van der Waals surface area contributed by atoms with Crippen molar-refractivity contribution in [2.75, 3.05) is 20.8 Å². The zero-order chi connectivity index (χ0) is 17.0. The Hall–Kier alpha value is -2.77. The third-order valence-corrected chi connectivity index (χ3v) is 3.35. The number of rotatable bonds is 6. The molecule has 1 aliphatic rings. The summed E-state index contributed by atoms with van der Waals surface area (Å²) in [4.78, 5) is 40.2. The molecule has 1 unspecified atom stereocenters. The largest absolute Gasteiger partial charge is 0.496 e. The summed E-state index contributed by atoms with van der Waals surface area (Å²) in [6.45, 7) is 1.73. The Morgan fingerprint density at radius 3 is 2.35 bits per heavy atom. The fourth-order valence-corrected chi connectivity index (χ4v) is 2.08. The average molecular weight is 322 g/mol. The van der Waals surface area contributed by atoms with E-state index in [0.29, 0.717) is 11.5 Å². The van der Waals surface area contributed by atoms with E-state index in [2.05, 4.69) is 5.32 Å². The minimum Gasteiger partial charge on any atom is -0.496 e. The minimum atomic E-state index is -0.748. The van der Waals surface area contributed by atoms with Crippen molar-refractivity contribution in [3.63, 3.8) is 0 Å². The first-order valence-electron chi connectivity index (χ1n) is 7.05. The van der Waals surface area contributed by atoms with Crippen LogP contribution in [0.25, 0.3) is 0 Å². The Morgan fingerprint density at radius 2 is 1.87 bits per heavy atom. The van der Waals surface area contributed by atoms with Gasteiger partial charge in [-0.25, -0.2) is 4.79 Å². The van der Waals surface area contributed by atoms with E-state index in [1.165, 1.54) is 14.2 Å². The predicted molar refractivity (Wildman–Crippen MR) is 78.9 cm³/mol. The number of methoxy groups -OCH3 is 2. The molecular weight excluding hydrogens is 304 g/mol. The molecule has 1 atom stereocenters. The average Bonchev–Trinajstić information content (AvgIpc) is 2.58. The first kappa shape index (κ1) is 16.6. The molecule has 8 heteroatoms. The lowest BCUT2D eigenvalue weighted by Gasteiger charge is -2.36. The zero-order valence-corrected chi connectivity index (χ0v) is 13.1. The van der Waals surface area contributed by atoms with Crippen LogP contribution in [0.4, 0.5) is 0 Å². The van der Waals surface area contributed by atoms with Gasteiger partial charge in [0.1, 0.15) is 23.1 Å². The van der Waals surface area contributed by atoms with Gasteiger partial charge in [0.05, 0.1) is 20.8 Å². The van der Waals surface area contributed by atoms with Crippen LogP contribution in [0.3, 0.4) is 0 Å². The number of ether oxygens (including phenoxy) is 2. The van der Waals surface area contributed by atoms with Crippen molar-refractivity contribution >= 4 is 17.8 Å². The summed E-state index contributed by atoms with van der Waals surface area (Å²) < 4.78 is 10.3. The van der Waals surface area contributed by atoms with Crippen LogP contribution in [-0.2, 0) is 14.4 Å². The van der Waals surface area contributed by atoms with Gasteiger partial charge >= 0.3 is 5.97 Å². The molecule has 0 saturated carbocycles. The molecular formula is C15H18N2O6. The number of β-lactam (4-membered cyclic amide) rings is 1. The van der Waals surface area contributed by atoms with Gasteiger partial charge in [-0.1, -0.05) is 13.0 Å². The summed E-state index contributed by atoms with van der Waals surface area (Å²) in [7, 11) is 2.87. The first-order valence-corrected chi connectivity index (χ1v) is 7.05. The monoisotopic (exact) mass is 322 g/mol. The van der Waals surface area contributed by atoms with E-state index in [4.69, 9.17) is 14.3 Å². The lowest BCUT2D eigenvalue weighted by atomic mass is 10.1. The third kappa shape index (κ3) is 3.36. The van der Waals surface area contributed by atoms with Crippen molar-refractivity contribution in [2.24, 2.45) is 0 Å². The van der Waals surface area contributed by atoms with Crippen molar-refractivity contribution in [3.8, 4) is 11.5 Å². The van der Waals surface area contributed by atoms with Crippen LogP contribution in [0.2, 0.25) is 0 Å². The van der Waals surface area contributed by atoms with E-state index in [0.717, 1.165) is 5.06 Å². The number of hydrogen-bond donors (Lipinski definition) is 1. The van der Waals surface area contributed by atoms with Crippen LogP contribution in [0.1, 0.15) is 23.7 Å². The molecule has 23 heavy (non-hydrogen) atoms. The molecule has 0 radical (unpaired) electrons. The second kappa shape index (κ2) is 6.99. The van der Waals surface area contributed by atoms with Crippen LogP contribution in [0.5, 0.6) is 11.5 Å². The number of benzene rings is 1. The summed E-state index contributed by atoms with van der Waals surface area (Å²) >= 11 is 0. The minimum absolute atomic E-state index is 0.105. The van der Waals surface area contributed by atoms with Gasteiger partial charge in [-0.15, -0.1) is 0 Å². The molecule has 2 rings (SSSR count). The standard InChI is InChI=1S/C15H18N2O6/c1-4-12(18)23-17-8-9(15(17)20)16-14(19)13-10(21-2)6-5-7-11(13)22-3/h5-7,9H,4,8H2,1-3H3,(H,16,19). The van der Waals surface area contributed by atoms with E-state index < -0.39 is 23.8 Å². The molecule has 8 nitrogen and oxygen atoms in total. The quantitative estimate of drug-likeness (QED) is 0.767. The maximum Gasteiger partial charge on any atom is 0.332 e. The summed E-state index contributed by atoms with van der Waals surface area (Å²) in [5, 5.41) is 3.50. The molecule has 1 aromatic rings.